The van der Waals surface area contributed by atoms with E-state index in [1.54, 1.807) is 11.9 Å². The highest BCUT2D eigenvalue weighted by atomic mass is 35.5. The fourth-order valence-corrected chi connectivity index (χ4v) is 3.64. The van der Waals surface area contributed by atoms with Crippen molar-refractivity contribution in [3.63, 3.8) is 0 Å². The Hall–Kier alpha value is -1.80. The van der Waals surface area contributed by atoms with Gasteiger partial charge in [-0.05, 0) is 26.0 Å². The average molecular weight is 372 g/mol. The van der Waals surface area contributed by atoms with Gasteiger partial charge in [0.2, 0.25) is 5.91 Å². The number of hydrogen-bond donors (Lipinski definition) is 0. The first kappa shape index (κ1) is 18.5. The molecule has 7 nitrogen and oxygen atoms in total. The van der Waals surface area contributed by atoms with Crippen LogP contribution in [-0.4, -0.2) is 57.3 Å². The lowest BCUT2D eigenvalue weighted by Gasteiger charge is -2.29. The summed E-state index contributed by atoms with van der Waals surface area (Å²) in [5.41, 5.74) is -0.412. The van der Waals surface area contributed by atoms with Crippen molar-refractivity contribution in [1.82, 2.24) is 9.80 Å². The number of hydrogen-bond acceptors (Lipinski definition) is 5. The number of nitrogens with zero attached hydrogens (tertiary/aromatic N) is 3. The van der Waals surface area contributed by atoms with Crippen LogP contribution in [0.1, 0.15) is 24.2 Å². The molecular weight excluding hydrogens is 354 g/mol. The van der Waals surface area contributed by atoms with Crippen molar-refractivity contribution in [2.24, 2.45) is 0 Å². The topological polar surface area (TPSA) is 83.8 Å². The van der Waals surface area contributed by atoms with Gasteiger partial charge in [-0.15, -0.1) is 11.8 Å². The zero-order valence-corrected chi connectivity index (χ0v) is 15.1. The molecular formula is C15H18ClN3O4S. The van der Waals surface area contributed by atoms with Crippen LogP contribution in [0.4, 0.5) is 5.69 Å². The maximum absolute atomic E-state index is 12.8. The molecule has 0 saturated carbocycles. The Balaban J connectivity index is 2.32. The summed E-state index contributed by atoms with van der Waals surface area (Å²) in [6.45, 7) is 3.77. The molecule has 1 aliphatic heterocycles. The first-order valence-electron chi connectivity index (χ1n) is 7.33. The molecule has 1 saturated heterocycles. The molecule has 1 unspecified atom stereocenters. The van der Waals surface area contributed by atoms with Crippen molar-refractivity contribution in [1.29, 1.82) is 0 Å². The molecule has 1 aromatic carbocycles. The van der Waals surface area contributed by atoms with Gasteiger partial charge in [-0.2, -0.15) is 0 Å². The number of likely N-dealkylation sites (N-methyl/N-ethyl adjacent to an activating group) is 1. The Morgan fingerprint density at radius 2 is 2.12 bits per heavy atom. The minimum atomic E-state index is -0.639. The second kappa shape index (κ2) is 7.40. The van der Waals surface area contributed by atoms with Gasteiger partial charge in [-0.3, -0.25) is 19.7 Å². The third-order valence-electron chi connectivity index (χ3n) is 3.94. The molecule has 0 aromatic heterocycles. The van der Waals surface area contributed by atoms with Gasteiger partial charge >= 0.3 is 0 Å². The van der Waals surface area contributed by atoms with Crippen LogP contribution in [-0.2, 0) is 4.79 Å². The maximum Gasteiger partial charge on any atom is 0.283 e. The molecule has 2 amide bonds. The van der Waals surface area contributed by atoms with E-state index in [4.69, 9.17) is 11.6 Å². The SMILES string of the molecule is CC(C)N(C)C(=O)C1CSCN1C(=O)c1ccc(Cl)cc1[N+](=O)[O-]. The van der Waals surface area contributed by atoms with E-state index in [1.165, 1.54) is 28.8 Å². The van der Waals surface area contributed by atoms with Crippen molar-refractivity contribution >= 4 is 40.9 Å². The van der Waals surface area contributed by atoms with E-state index in [1.807, 2.05) is 13.8 Å². The van der Waals surface area contributed by atoms with Crippen molar-refractivity contribution in [2.45, 2.75) is 25.9 Å². The van der Waals surface area contributed by atoms with Gasteiger partial charge < -0.3 is 9.80 Å². The lowest BCUT2D eigenvalue weighted by atomic mass is 10.1. The monoisotopic (exact) mass is 371 g/mol. The van der Waals surface area contributed by atoms with Gasteiger partial charge in [-0.25, -0.2) is 0 Å². The summed E-state index contributed by atoms with van der Waals surface area (Å²) in [5, 5.41) is 11.4. The summed E-state index contributed by atoms with van der Waals surface area (Å²) in [4.78, 5) is 38.9. The minimum absolute atomic E-state index is 0.00456. The summed E-state index contributed by atoms with van der Waals surface area (Å²) >= 11 is 7.24. The summed E-state index contributed by atoms with van der Waals surface area (Å²) in [6.07, 6.45) is 0. The summed E-state index contributed by atoms with van der Waals surface area (Å²) in [5.74, 6) is 0.100. The Morgan fingerprint density at radius 3 is 2.71 bits per heavy atom. The largest absolute Gasteiger partial charge is 0.342 e. The van der Waals surface area contributed by atoms with Gasteiger partial charge in [0.05, 0.1) is 10.8 Å². The van der Waals surface area contributed by atoms with Gasteiger partial charge in [0, 0.05) is 29.9 Å². The van der Waals surface area contributed by atoms with Crippen molar-refractivity contribution in [3.05, 3.63) is 38.9 Å². The van der Waals surface area contributed by atoms with E-state index >= 15 is 0 Å². The Kier molecular flexibility index (Phi) is 5.71. The van der Waals surface area contributed by atoms with Crippen molar-refractivity contribution < 1.29 is 14.5 Å². The predicted molar refractivity (Wildman–Crippen MR) is 93.3 cm³/mol. The van der Waals surface area contributed by atoms with Crippen LogP contribution < -0.4 is 0 Å². The highest BCUT2D eigenvalue weighted by Gasteiger charge is 2.38. The van der Waals surface area contributed by atoms with E-state index in [9.17, 15) is 19.7 Å². The zero-order valence-electron chi connectivity index (χ0n) is 13.6. The fraction of sp³-hybridized carbons (Fsp3) is 0.467. The number of nitro benzene ring substituents is 1. The van der Waals surface area contributed by atoms with Crippen LogP contribution in [0, 0.1) is 10.1 Å². The smallest absolute Gasteiger partial charge is 0.283 e. The summed E-state index contributed by atoms with van der Waals surface area (Å²) in [6, 6.07) is 3.30. The van der Waals surface area contributed by atoms with E-state index in [2.05, 4.69) is 0 Å². The molecule has 24 heavy (non-hydrogen) atoms. The number of amides is 2. The van der Waals surface area contributed by atoms with Crippen LogP contribution in [0.25, 0.3) is 0 Å². The molecule has 9 heteroatoms. The predicted octanol–water partition coefficient (Wildman–Crippen LogP) is 2.63. The van der Waals surface area contributed by atoms with Crippen LogP contribution >= 0.6 is 23.4 Å². The standard InChI is InChI=1S/C15H18ClN3O4S/c1-9(2)17(3)15(21)13-7-24-8-18(13)14(20)11-5-4-10(16)6-12(11)19(22)23/h4-6,9,13H,7-8H2,1-3H3. The van der Waals surface area contributed by atoms with Gasteiger partial charge in [0.25, 0.3) is 11.6 Å². The number of benzene rings is 1. The zero-order chi connectivity index (χ0) is 18.0. The third-order valence-corrected chi connectivity index (χ3v) is 5.18. The Bertz CT molecular complexity index is 683. The molecule has 1 fully saturated rings. The van der Waals surface area contributed by atoms with E-state index in [-0.39, 0.29) is 28.2 Å². The molecule has 1 atom stereocenters. The Labute approximate surface area is 149 Å². The maximum atomic E-state index is 12.8. The first-order chi connectivity index (χ1) is 11.2. The number of rotatable bonds is 4. The molecule has 130 valence electrons. The van der Waals surface area contributed by atoms with Crippen LogP contribution in [0.3, 0.4) is 0 Å². The minimum Gasteiger partial charge on any atom is -0.342 e. The molecule has 0 radical (unpaired) electrons. The summed E-state index contributed by atoms with van der Waals surface area (Å²) < 4.78 is 0. The normalized spacial score (nSPS) is 17.2. The lowest BCUT2D eigenvalue weighted by Crippen LogP contribution is -2.49. The van der Waals surface area contributed by atoms with Crippen LogP contribution in [0.5, 0.6) is 0 Å². The molecule has 0 aliphatic carbocycles. The van der Waals surface area contributed by atoms with Crippen molar-refractivity contribution in [2.75, 3.05) is 18.7 Å². The first-order valence-corrected chi connectivity index (χ1v) is 8.86. The highest BCUT2D eigenvalue weighted by molar-refractivity contribution is 7.99. The van der Waals surface area contributed by atoms with E-state index in [0.717, 1.165) is 6.07 Å². The van der Waals surface area contributed by atoms with Gasteiger partial charge in [-0.1, -0.05) is 11.6 Å². The van der Waals surface area contributed by atoms with Gasteiger partial charge in [0.1, 0.15) is 11.6 Å². The molecule has 1 aliphatic rings. The number of thioether (sulfide) groups is 1. The quantitative estimate of drug-likeness (QED) is 0.600. The van der Waals surface area contributed by atoms with Gasteiger partial charge in [0.15, 0.2) is 0 Å². The lowest BCUT2D eigenvalue weighted by molar-refractivity contribution is -0.385. The van der Waals surface area contributed by atoms with Crippen LogP contribution in [0.2, 0.25) is 5.02 Å². The van der Waals surface area contributed by atoms with Crippen molar-refractivity contribution in [3.8, 4) is 0 Å². The molecule has 0 spiro atoms. The number of carbonyl (C=O) groups is 2. The molecule has 0 N–H and O–H groups in total. The molecule has 1 heterocycles. The Morgan fingerprint density at radius 1 is 1.46 bits per heavy atom. The second-order valence-corrected chi connectivity index (χ2v) is 7.19. The fourth-order valence-electron chi connectivity index (χ4n) is 2.33. The average Bonchev–Trinajstić information content (AvgIpc) is 3.01. The highest BCUT2D eigenvalue weighted by Crippen LogP contribution is 2.29. The summed E-state index contributed by atoms with van der Waals surface area (Å²) in [7, 11) is 1.68. The molecule has 2 rings (SSSR count). The molecule has 1 aromatic rings. The number of halogens is 1. The van der Waals surface area contributed by atoms with Crippen LogP contribution in [0.15, 0.2) is 18.2 Å². The number of carbonyl (C=O) groups excluding carboxylic acids is 2. The van der Waals surface area contributed by atoms with E-state index in [0.29, 0.717) is 11.6 Å². The third kappa shape index (κ3) is 3.64. The second-order valence-electron chi connectivity index (χ2n) is 5.75. The van der Waals surface area contributed by atoms with E-state index < -0.39 is 16.9 Å². The molecule has 0 bridgehead atoms. The number of nitro groups is 1.